The van der Waals surface area contributed by atoms with Crippen LogP contribution in [0.15, 0.2) is 54.6 Å². The van der Waals surface area contributed by atoms with Crippen LogP contribution in [0.3, 0.4) is 0 Å². The Balaban J connectivity index is 1.42. The van der Waals surface area contributed by atoms with Gasteiger partial charge in [-0.25, -0.2) is 0 Å². The van der Waals surface area contributed by atoms with Gasteiger partial charge in [-0.1, -0.05) is 24.3 Å². The molecule has 1 aliphatic heterocycles. The van der Waals surface area contributed by atoms with Crippen LogP contribution in [-0.4, -0.2) is 30.2 Å². The fourth-order valence-corrected chi connectivity index (χ4v) is 3.02. The highest BCUT2D eigenvalue weighted by Crippen LogP contribution is 2.21. The number of ether oxygens (including phenoxy) is 2. The Labute approximate surface area is 146 Å². The average molecular weight is 336 g/mol. The number of hydrogen-bond acceptors (Lipinski definition) is 3. The highest BCUT2D eigenvalue weighted by atomic mass is 16.5. The molecule has 0 aliphatic carbocycles. The molecule has 1 saturated heterocycles. The van der Waals surface area contributed by atoms with Gasteiger partial charge in [-0.05, 0) is 37.1 Å². The summed E-state index contributed by atoms with van der Waals surface area (Å²) in [5.74, 6) is 0.553. The van der Waals surface area contributed by atoms with E-state index < -0.39 is 0 Å². The molecule has 1 amide bonds. The second-order valence-electron chi connectivity index (χ2n) is 6.20. The van der Waals surface area contributed by atoms with Crippen LogP contribution >= 0.6 is 0 Å². The molecule has 5 nitrogen and oxygen atoms in total. The van der Waals surface area contributed by atoms with Crippen molar-refractivity contribution in [2.45, 2.75) is 18.9 Å². The maximum Gasteiger partial charge on any atom is 0.272 e. The number of rotatable bonds is 5. The summed E-state index contributed by atoms with van der Waals surface area (Å²) >= 11 is 0. The first-order chi connectivity index (χ1) is 12.3. The summed E-state index contributed by atoms with van der Waals surface area (Å²) in [7, 11) is 0. The van der Waals surface area contributed by atoms with E-state index >= 15 is 0 Å². The van der Waals surface area contributed by atoms with Crippen LogP contribution in [0.1, 0.15) is 23.3 Å². The lowest BCUT2D eigenvalue weighted by Crippen LogP contribution is -2.16. The van der Waals surface area contributed by atoms with Crippen molar-refractivity contribution in [3.05, 3.63) is 60.3 Å². The van der Waals surface area contributed by atoms with Crippen LogP contribution in [0.2, 0.25) is 0 Å². The number of H-pyrrole nitrogens is 1. The van der Waals surface area contributed by atoms with Gasteiger partial charge in [0.05, 0.1) is 6.10 Å². The number of hydrogen-bond donors (Lipinski definition) is 2. The SMILES string of the molecule is O=C(Nc1cccc(OC[C@@H]2CCCO2)c1)c1cc2ccccc2[nH]1. The molecule has 1 atom stereocenters. The Bertz CT molecular complexity index is 848. The third-order valence-electron chi connectivity index (χ3n) is 4.33. The first-order valence-corrected chi connectivity index (χ1v) is 8.51. The zero-order valence-corrected chi connectivity index (χ0v) is 13.8. The van der Waals surface area contributed by atoms with Gasteiger partial charge in [0.25, 0.3) is 5.91 Å². The van der Waals surface area contributed by atoms with Crippen molar-refractivity contribution in [1.82, 2.24) is 4.98 Å². The number of benzene rings is 2. The molecule has 1 aromatic heterocycles. The van der Waals surface area contributed by atoms with E-state index in [0.29, 0.717) is 18.0 Å². The quantitative estimate of drug-likeness (QED) is 0.741. The molecule has 2 N–H and O–H groups in total. The molecule has 0 saturated carbocycles. The Morgan fingerprint density at radius 3 is 2.96 bits per heavy atom. The molecule has 2 aromatic carbocycles. The summed E-state index contributed by atoms with van der Waals surface area (Å²) in [6.07, 6.45) is 2.30. The molecule has 0 spiro atoms. The second kappa shape index (κ2) is 6.99. The Hall–Kier alpha value is -2.79. The van der Waals surface area contributed by atoms with Gasteiger partial charge in [-0.3, -0.25) is 4.79 Å². The molecule has 0 unspecified atom stereocenters. The minimum atomic E-state index is -0.174. The minimum absolute atomic E-state index is 0.171. The summed E-state index contributed by atoms with van der Waals surface area (Å²) in [6, 6.07) is 17.1. The molecule has 4 rings (SSSR count). The van der Waals surface area contributed by atoms with E-state index in [1.807, 2.05) is 54.6 Å². The van der Waals surface area contributed by atoms with Gasteiger partial charge in [-0.2, -0.15) is 0 Å². The standard InChI is InChI=1S/C20H20N2O3/c23-20(19-11-14-5-1-2-9-18(14)22-19)21-15-6-3-7-16(12-15)25-13-17-8-4-10-24-17/h1-3,5-7,9,11-12,17,22H,4,8,10,13H2,(H,21,23)/t17-/m0/s1. The highest BCUT2D eigenvalue weighted by molar-refractivity contribution is 6.05. The van der Waals surface area contributed by atoms with Gasteiger partial charge >= 0.3 is 0 Å². The fraction of sp³-hybridized carbons (Fsp3) is 0.250. The van der Waals surface area contributed by atoms with E-state index in [4.69, 9.17) is 9.47 Å². The van der Waals surface area contributed by atoms with Gasteiger partial charge in [0.2, 0.25) is 0 Å². The second-order valence-corrected chi connectivity index (χ2v) is 6.20. The van der Waals surface area contributed by atoms with Crippen LogP contribution in [0.25, 0.3) is 10.9 Å². The minimum Gasteiger partial charge on any atom is -0.491 e. The maximum absolute atomic E-state index is 12.5. The summed E-state index contributed by atoms with van der Waals surface area (Å²) in [5.41, 5.74) is 2.18. The predicted octanol–water partition coefficient (Wildman–Crippen LogP) is 3.98. The smallest absolute Gasteiger partial charge is 0.272 e. The van der Waals surface area contributed by atoms with Gasteiger partial charge in [0.15, 0.2) is 0 Å². The van der Waals surface area contributed by atoms with E-state index in [2.05, 4.69) is 10.3 Å². The predicted molar refractivity (Wildman–Crippen MR) is 97.2 cm³/mol. The van der Waals surface area contributed by atoms with Crippen molar-refractivity contribution in [2.24, 2.45) is 0 Å². The van der Waals surface area contributed by atoms with E-state index in [1.54, 1.807) is 0 Å². The molecule has 1 fully saturated rings. The van der Waals surface area contributed by atoms with Gasteiger partial charge in [-0.15, -0.1) is 0 Å². The number of nitrogens with one attached hydrogen (secondary N) is 2. The topological polar surface area (TPSA) is 63.4 Å². The van der Waals surface area contributed by atoms with Gasteiger partial charge < -0.3 is 19.8 Å². The van der Waals surface area contributed by atoms with E-state index in [9.17, 15) is 4.79 Å². The Kier molecular flexibility index (Phi) is 4.39. The van der Waals surface area contributed by atoms with Crippen LogP contribution < -0.4 is 10.1 Å². The molecule has 3 aromatic rings. The van der Waals surface area contributed by atoms with Gasteiger partial charge in [0, 0.05) is 29.3 Å². The number of anilines is 1. The molecule has 0 bridgehead atoms. The first-order valence-electron chi connectivity index (χ1n) is 8.51. The number of aromatic nitrogens is 1. The van der Waals surface area contributed by atoms with Gasteiger partial charge in [0.1, 0.15) is 18.1 Å². The molecule has 0 radical (unpaired) electrons. The van der Waals surface area contributed by atoms with E-state index in [1.165, 1.54) is 0 Å². The van der Waals surface area contributed by atoms with Crippen LogP contribution in [0, 0.1) is 0 Å². The van der Waals surface area contributed by atoms with Crippen molar-refractivity contribution < 1.29 is 14.3 Å². The van der Waals surface area contributed by atoms with Crippen LogP contribution in [0.4, 0.5) is 5.69 Å². The highest BCUT2D eigenvalue weighted by Gasteiger charge is 2.16. The Morgan fingerprint density at radius 2 is 2.12 bits per heavy atom. The average Bonchev–Trinajstić information content (AvgIpc) is 3.29. The molecule has 1 aliphatic rings. The number of amides is 1. The molecule has 2 heterocycles. The summed E-state index contributed by atoms with van der Waals surface area (Å²) in [4.78, 5) is 15.6. The van der Waals surface area contributed by atoms with Crippen molar-refractivity contribution >= 4 is 22.5 Å². The third-order valence-corrected chi connectivity index (χ3v) is 4.33. The molecule has 128 valence electrons. The van der Waals surface area contributed by atoms with Crippen molar-refractivity contribution in [3.63, 3.8) is 0 Å². The number of carbonyl (C=O) groups excluding carboxylic acids is 1. The number of aromatic amines is 1. The maximum atomic E-state index is 12.5. The lowest BCUT2D eigenvalue weighted by Gasteiger charge is -2.12. The zero-order chi connectivity index (χ0) is 17.1. The van der Waals surface area contributed by atoms with Crippen molar-refractivity contribution in [1.29, 1.82) is 0 Å². The van der Waals surface area contributed by atoms with Crippen LogP contribution in [0.5, 0.6) is 5.75 Å². The van der Waals surface area contributed by atoms with E-state index in [0.717, 1.165) is 36.1 Å². The summed E-state index contributed by atoms with van der Waals surface area (Å²) < 4.78 is 11.3. The normalized spacial score (nSPS) is 16.9. The molecular formula is C20H20N2O3. The van der Waals surface area contributed by atoms with Crippen molar-refractivity contribution in [3.8, 4) is 5.75 Å². The third kappa shape index (κ3) is 3.67. The summed E-state index contributed by atoms with van der Waals surface area (Å²) in [5, 5.41) is 3.92. The lowest BCUT2D eigenvalue weighted by molar-refractivity contribution is 0.0680. The molecule has 5 heteroatoms. The molecular weight excluding hydrogens is 316 g/mol. The number of fused-ring (bicyclic) bond motifs is 1. The zero-order valence-electron chi connectivity index (χ0n) is 13.8. The lowest BCUT2D eigenvalue weighted by atomic mass is 10.2. The van der Waals surface area contributed by atoms with Crippen LogP contribution in [-0.2, 0) is 4.74 Å². The number of carbonyl (C=O) groups is 1. The fourth-order valence-electron chi connectivity index (χ4n) is 3.02. The largest absolute Gasteiger partial charge is 0.491 e. The summed E-state index contributed by atoms with van der Waals surface area (Å²) in [6.45, 7) is 1.36. The molecule has 25 heavy (non-hydrogen) atoms. The monoisotopic (exact) mass is 336 g/mol. The Morgan fingerprint density at radius 1 is 1.20 bits per heavy atom. The first kappa shape index (κ1) is 15.7. The van der Waals surface area contributed by atoms with E-state index in [-0.39, 0.29) is 12.0 Å². The van der Waals surface area contributed by atoms with Crippen molar-refractivity contribution in [2.75, 3.05) is 18.5 Å². The number of para-hydroxylation sites is 1.